The molecule has 2 aromatic rings. The van der Waals surface area contributed by atoms with Gasteiger partial charge in [0, 0.05) is 12.5 Å². The zero-order valence-corrected chi connectivity index (χ0v) is 17.5. The molecule has 1 heterocycles. The molecule has 30 heavy (non-hydrogen) atoms. The van der Waals surface area contributed by atoms with Gasteiger partial charge < -0.3 is 19.5 Å². The summed E-state index contributed by atoms with van der Waals surface area (Å²) in [5.41, 5.74) is 0.906. The van der Waals surface area contributed by atoms with Gasteiger partial charge in [0.05, 0.1) is 25.2 Å². The van der Waals surface area contributed by atoms with E-state index in [9.17, 15) is 4.79 Å². The normalized spacial score (nSPS) is 15.8. The Morgan fingerprint density at radius 2 is 1.87 bits per heavy atom. The number of benzene rings is 2. The summed E-state index contributed by atoms with van der Waals surface area (Å²) in [4.78, 5) is 13.6. The van der Waals surface area contributed by atoms with Crippen LogP contribution in [0.5, 0.6) is 17.2 Å². The second-order valence-corrected chi connectivity index (χ2v) is 7.86. The van der Waals surface area contributed by atoms with Crippen LogP contribution in [0.2, 0.25) is 0 Å². The lowest BCUT2D eigenvalue weighted by atomic mass is 9.97. The zero-order valence-electron chi connectivity index (χ0n) is 17.5. The van der Waals surface area contributed by atoms with E-state index in [1.54, 1.807) is 46.1 Å². The number of amidine groups is 1. The van der Waals surface area contributed by atoms with Crippen LogP contribution in [0.15, 0.2) is 42.5 Å². The molecule has 2 aromatic carbocycles. The Hall–Kier alpha value is -3.55. The number of carbonyl (C=O) groups is 1. The van der Waals surface area contributed by atoms with Crippen LogP contribution in [0.25, 0.3) is 0 Å². The second kappa shape index (κ2) is 8.44. The van der Waals surface area contributed by atoms with E-state index >= 15 is 0 Å². The van der Waals surface area contributed by atoms with Crippen molar-refractivity contribution in [3.05, 3.63) is 48.0 Å². The first-order valence-electron chi connectivity index (χ1n) is 9.53. The molecular formula is C22H26N4O4. The van der Waals surface area contributed by atoms with Crippen LogP contribution in [0.1, 0.15) is 26.3 Å². The van der Waals surface area contributed by atoms with E-state index in [0.717, 1.165) is 11.9 Å². The predicted octanol–water partition coefficient (Wildman–Crippen LogP) is 4.33. The van der Waals surface area contributed by atoms with E-state index in [0.29, 0.717) is 29.4 Å². The number of alkyl carbamates (subject to hydrolysis) is 1. The van der Waals surface area contributed by atoms with E-state index in [4.69, 9.17) is 25.0 Å². The number of methoxy groups -OCH3 is 1. The second-order valence-electron chi connectivity index (χ2n) is 7.86. The fraction of sp³-hybridized carbons (Fsp3) is 0.318. The number of ether oxygens (including phenoxy) is 3. The molecule has 1 atom stereocenters. The van der Waals surface area contributed by atoms with Crippen molar-refractivity contribution in [1.29, 1.82) is 10.8 Å². The molecule has 158 valence electrons. The maximum absolute atomic E-state index is 12.2. The van der Waals surface area contributed by atoms with Gasteiger partial charge in [-0.1, -0.05) is 6.07 Å². The van der Waals surface area contributed by atoms with Crippen molar-refractivity contribution in [2.45, 2.75) is 38.8 Å². The van der Waals surface area contributed by atoms with E-state index in [1.807, 2.05) is 24.3 Å². The van der Waals surface area contributed by atoms with Gasteiger partial charge in [0.25, 0.3) is 0 Å². The molecular weight excluding hydrogens is 384 g/mol. The highest BCUT2D eigenvalue weighted by atomic mass is 16.6. The highest BCUT2D eigenvalue weighted by Crippen LogP contribution is 2.33. The molecule has 8 heteroatoms. The number of fused-ring (bicyclic) bond motifs is 1. The molecule has 0 radical (unpaired) electrons. The number of hydrogen-bond donors (Lipinski definition) is 3. The molecule has 1 aliphatic heterocycles. The van der Waals surface area contributed by atoms with Crippen molar-refractivity contribution in [3.63, 3.8) is 0 Å². The minimum atomic E-state index is -0.641. The van der Waals surface area contributed by atoms with Gasteiger partial charge in [0.2, 0.25) is 0 Å². The first-order chi connectivity index (χ1) is 14.2. The molecule has 0 bridgehead atoms. The van der Waals surface area contributed by atoms with Gasteiger partial charge in [-0.25, -0.2) is 4.79 Å². The fourth-order valence-electron chi connectivity index (χ4n) is 3.15. The first kappa shape index (κ1) is 21.2. The van der Waals surface area contributed by atoms with E-state index in [2.05, 4.69) is 5.32 Å². The molecule has 1 amide bonds. The Kier molecular flexibility index (Phi) is 5.96. The summed E-state index contributed by atoms with van der Waals surface area (Å²) in [7, 11) is 1.59. The van der Waals surface area contributed by atoms with Gasteiger partial charge >= 0.3 is 6.09 Å². The van der Waals surface area contributed by atoms with Gasteiger partial charge in [-0.2, -0.15) is 0 Å². The molecule has 8 nitrogen and oxygen atoms in total. The van der Waals surface area contributed by atoms with E-state index in [-0.39, 0.29) is 5.84 Å². The van der Waals surface area contributed by atoms with Gasteiger partial charge in [-0.05, 0) is 56.7 Å². The summed E-state index contributed by atoms with van der Waals surface area (Å²) in [6.07, 6.45) is 0.842. The molecule has 0 spiro atoms. The SMILES string of the molecule is COc1cccc(Oc2ccc3c(c2)CC(NC(=O)OC(C)(C)C)C(=N)N3C=N)c1. The van der Waals surface area contributed by atoms with Crippen LogP contribution >= 0.6 is 0 Å². The Morgan fingerprint density at radius 1 is 1.17 bits per heavy atom. The monoisotopic (exact) mass is 410 g/mol. The molecule has 0 saturated heterocycles. The molecule has 1 unspecified atom stereocenters. The van der Waals surface area contributed by atoms with Crippen LogP contribution in [-0.4, -0.2) is 37.0 Å². The Bertz CT molecular complexity index is 968. The average molecular weight is 410 g/mol. The summed E-state index contributed by atoms with van der Waals surface area (Å²) in [5.74, 6) is 2.03. The third-order valence-corrected chi connectivity index (χ3v) is 4.42. The smallest absolute Gasteiger partial charge is 0.408 e. The van der Waals surface area contributed by atoms with Crippen LogP contribution in [0, 0.1) is 10.8 Å². The van der Waals surface area contributed by atoms with Crippen molar-refractivity contribution in [2.75, 3.05) is 12.0 Å². The van der Waals surface area contributed by atoms with Crippen LogP contribution in [-0.2, 0) is 11.2 Å². The summed E-state index contributed by atoms with van der Waals surface area (Å²) < 4.78 is 16.5. The molecule has 3 rings (SSSR count). The Labute approximate surface area is 175 Å². The molecule has 0 fully saturated rings. The molecule has 1 aliphatic rings. The number of hydrogen-bond acceptors (Lipinski definition) is 6. The molecule has 0 aliphatic carbocycles. The number of amides is 1. The molecule has 3 N–H and O–H groups in total. The molecule has 0 saturated carbocycles. The minimum absolute atomic E-state index is 0.102. The zero-order chi connectivity index (χ0) is 21.9. The number of nitrogens with one attached hydrogen (secondary N) is 3. The summed E-state index contributed by atoms with van der Waals surface area (Å²) in [6, 6.07) is 12.1. The minimum Gasteiger partial charge on any atom is -0.497 e. The highest BCUT2D eigenvalue weighted by molar-refractivity contribution is 6.14. The quantitative estimate of drug-likeness (QED) is 0.502. The van der Waals surface area contributed by atoms with Gasteiger partial charge in [0.1, 0.15) is 28.7 Å². The maximum atomic E-state index is 12.2. The number of anilines is 1. The van der Waals surface area contributed by atoms with Gasteiger partial charge in [0.15, 0.2) is 0 Å². The lowest BCUT2D eigenvalue weighted by Crippen LogP contribution is -2.52. The first-order valence-corrected chi connectivity index (χ1v) is 9.53. The van der Waals surface area contributed by atoms with Crippen molar-refractivity contribution in [2.24, 2.45) is 0 Å². The number of carbonyl (C=O) groups excluding carboxylic acids is 1. The Balaban J connectivity index is 1.83. The van der Waals surface area contributed by atoms with Crippen molar-refractivity contribution < 1.29 is 19.0 Å². The highest BCUT2D eigenvalue weighted by Gasteiger charge is 2.31. The van der Waals surface area contributed by atoms with Crippen LogP contribution < -0.4 is 19.7 Å². The lowest BCUT2D eigenvalue weighted by molar-refractivity contribution is 0.0517. The van der Waals surface area contributed by atoms with E-state index < -0.39 is 17.7 Å². The number of rotatable bonds is 5. The van der Waals surface area contributed by atoms with Gasteiger partial charge in [-0.15, -0.1) is 0 Å². The van der Waals surface area contributed by atoms with Crippen LogP contribution in [0.4, 0.5) is 10.5 Å². The van der Waals surface area contributed by atoms with E-state index in [1.165, 1.54) is 4.90 Å². The number of nitrogens with zero attached hydrogens (tertiary/aromatic N) is 1. The fourth-order valence-corrected chi connectivity index (χ4v) is 3.15. The summed E-state index contributed by atoms with van der Waals surface area (Å²) >= 11 is 0. The van der Waals surface area contributed by atoms with Crippen molar-refractivity contribution in [3.8, 4) is 17.2 Å². The summed E-state index contributed by atoms with van der Waals surface area (Å²) in [5, 5.41) is 18.8. The third kappa shape index (κ3) is 4.89. The van der Waals surface area contributed by atoms with Crippen molar-refractivity contribution in [1.82, 2.24) is 5.32 Å². The average Bonchev–Trinajstić information content (AvgIpc) is 2.67. The maximum Gasteiger partial charge on any atom is 0.408 e. The van der Waals surface area contributed by atoms with Crippen LogP contribution in [0.3, 0.4) is 0 Å². The van der Waals surface area contributed by atoms with Crippen molar-refractivity contribution >= 4 is 24.0 Å². The topological polar surface area (TPSA) is 108 Å². The lowest BCUT2D eigenvalue weighted by Gasteiger charge is -2.34. The predicted molar refractivity (Wildman–Crippen MR) is 115 cm³/mol. The molecule has 0 aromatic heterocycles. The standard InChI is InChI=1S/C22H26N4O4/c1-22(2,3)30-21(27)25-18-11-14-10-17(8-9-19(14)26(13-23)20(18)24)29-16-7-5-6-15(12-16)28-4/h5-10,12-13,18,23-24H,11H2,1-4H3,(H,25,27). The Morgan fingerprint density at radius 3 is 2.53 bits per heavy atom. The third-order valence-electron chi connectivity index (χ3n) is 4.42. The largest absolute Gasteiger partial charge is 0.497 e. The van der Waals surface area contributed by atoms with Gasteiger partial charge in [-0.3, -0.25) is 15.7 Å². The summed E-state index contributed by atoms with van der Waals surface area (Å²) in [6.45, 7) is 5.33.